The van der Waals surface area contributed by atoms with E-state index < -0.39 is 0 Å². The number of amides is 1. The summed E-state index contributed by atoms with van der Waals surface area (Å²) in [5.41, 5.74) is 0.623. The number of para-hydroxylation sites is 1. The van der Waals surface area contributed by atoms with Gasteiger partial charge in [0.05, 0.1) is 11.4 Å². The Labute approximate surface area is 217 Å². The summed E-state index contributed by atoms with van der Waals surface area (Å²) in [6.07, 6.45) is 2.00. The molecule has 0 spiro atoms. The van der Waals surface area contributed by atoms with Crippen molar-refractivity contribution >= 4 is 40.8 Å². The van der Waals surface area contributed by atoms with Gasteiger partial charge in [0.25, 0.3) is 0 Å². The lowest BCUT2D eigenvalue weighted by Crippen LogP contribution is -2.47. The molecule has 1 N–H and O–H groups in total. The highest BCUT2D eigenvalue weighted by Crippen LogP contribution is 2.25. The van der Waals surface area contributed by atoms with Crippen LogP contribution in [-0.4, -0.2) is 78.4 Å². The molecule has 1 aromatic carbocycles. The summed E-state index contributed by atoms with van der Waals surface area (Å²) in [7, 11) is 0. The number of carbonyl (C=O) groups is 1. The third-order valence-corrected chi connectivity index (χ3v) is 7.24. The summed E-state index contributed by atoms with van der Waals surface area (Å²) in [6, 6.07) is 8.70. The van der Waals surface area contributed by atoms with Gasteiger partial charge < -0.3 is 20.0 Å². The second kappa shape index (κ2) is 13.8. The predicted octanol–water partition coefficient (Wildman–Crippen LogP) is 4.31. The molecule has 192 valence electrons. The van der Waals surface area contributed by atoms with Gasteiger partial charge in [0.1, 0.15) is 16.8 Å². The highest BCUT2D eigenvalue weighted by Gasteiger charge is 2.21. The molecule has 1 aliphatic heterocycles. The molecule has 1 aromatic heterocycles. The zero-order valence-corrected chi connectivity index (χ0v) is 22.4. The molecule has 1 fully saturated rings. The average molecular weight is 523 g/mol. The number of halogens is 2. The number of rotatable bonds is 12. The first-order valence-corrected chi connectivity index (χ1v) is 13.7. The van der Waals surface area contributed by atoms with Crippen molar-refractivity contribution in [2.75, 3.05) is 61.4 Å². The summed E-state index contributed by atoms with van der Waals surface area (Å²) < 4.78 is 14.1. The molecule has 1 aliphatic rings. The molecule has 10 heteroatoms. The van der Waals surface area contributed by atoms with E-state index in [0.29, 0.717) is 42.2 Å². The van der Waals surface area contributed by atoms with Crippen molar-refractivity contribution in [3.63, 3.8) is 0 Å². The second-order valence-corrected chi connectivity index (χ2v) is 10.0. The number of hydrogen-bond donors (Lipinski definition) is 1. The number of piperazine rings is 1. The number of nitrogens with zero attached hydrogens (tertiary/aromatic N) is 5. The maximum absolute atomic E-state index is 14.1. The third-order valence-electron chi connectivity index (χ3n) is 6.20. The minimum atomic E-state index is -0.207. The topological polar surface area (TPSA) is 64.6 Å². The predicted molar refractivity (Wildman–Crippen MR) is 143 cm³/mol. The van der Waals surface area contributed by atoms with E-state index in [2.05, 4.69) is 38.9 Å². The van der Waals surface area contributed by atoms with E-state index in [0.717, 1.165) is 38.3 Å². The number of anilines is 2. The number of aromatic nitrogens is 2. The minimum absolute atomic E-state index is 0.0334. The number of thioether (sulfide) groups is 1. The van der Waals surface area contributed by atoms with Crippen LogP contribution in [-0.2, 0) is 4.79 Å². The van der Waals surface area contributed by atoms with E-state index in [-0.39, 0.29) is 23.5 Å². The summed E-state index contributed by atoms with van der Waals surface area (Å²) in [4.78, 5) is 27.9. The van der Waals surface area contributed by atoms with Crippen molar-refractivity contribution in [2.45, 2.75) is 44.8 Å². The van der Waals surface area contributed by atoms with Crippen molar-refractivity contribution in [3.8, 4) is 0 Å². The number of benzene rings is 1. The molecule has 2 heterocycles. The first-order chi connectivity index (χ1) is 16.9. The Bertz CT molecular complexity index is 955. The van der Waals surface area contributed by atoms with Gasteiger partial charge in [-0.05, 0) is 51.5 Å². The van der Waals surface area contributed by atoms with Crippen LogP contribution >= 0.6 is 23.4 Å². The molecule has 1 unspecified atom stereocenters. The average Bonchev–Trinajstić information content (AvgIpc) is 2.85. The summed E-state index contributed by atoms with van der Waals surface area (Å²) in [5, 5.41) is 3.89. The maximum Gasteiger partial charge on any atom is 0.230 e. The lowest BCUT2D eigenvalue weighted by atomic mass is 10.2. The van der Waals surface area contributed by atoms with Crippen molar-refractivity contribution in [3.05, 3.63) is 41.3 Å². The van der Waals surface area contributed by atoms with E-state index in [1.165, 1.54) is 17.8 Å². The standard InChI is InChI=1S/C25H36ClFN6OS/c1-4-31(5-2)12-8-9-19(3)28-24(34)18-35-25-29-22(26)17-23(30-25)33-15-13-32(14-16-33)21-11-7-6-10-20(21)27/h6-7,10-11,17,19H,4-5,8-9,12-16,18H2,1-3H3,(H,28,34). The molecular weight excluding hydrogens is 487 g/mol. The normalized spacial score (nSPS) is 14.9. The van der Waals surface area contributed by atoms with Crippen LogP contribution in [0.2, 0.25) is 5.15 Å². The molecule has 1 saturated heterocycles. The number of carbonyl (C=O) groups excluding carboxylic acids is 1. The molecule has 2 aromatic rings. The van der Waals surface area contributed by atoms with Gasteiger partial charge in [0.15, 0.2) is 5.16 Å². The fourth-order valence-corrected chi connectivity index (χ4v) is 5.07. The molecule has 0 radical (unpaired) electrons. The lowest BCUT2D eigenvalue weighted by molar-refractivity contribution is -0.119. The Balaban J connectivity index is 1.47. The van der Waals surface area contributed by atoms with Gasteiger partial charge in [-0.1, -0.05) is 49.3 Å². The van der Waals surface area contributed by atoms with Crippen LogP contribution in [0.15, 0.2) is 35.5 Å². The minimum Gasteiger partial charge on any atom is -0.366 e. The Kier molecular flexibility index (Phi) is 10.9. The van der Waals surface area contributed by atoms with Gasteiger partial charge >= 0.3 is 0 Å². The smallest absolute Gasteiger partial charge is 0.230 e. The number of hydrogen-bond acceptors (Lipinski definition) is 7. The first-order valence-electron chi connectivity index (χ1n) is 12.3. The maximum atomic E-state index is 14.1. The SMILES string of the molecule is CCN(CC)CCCC(C)NC(=O)CSc1nc(Cl)cc(N2CCN(c3ccccc3F)CC2)n1. The van der Waals surface area contributed by atoms with Crippen LogP contribution in [0.1, 0.15) is 33.6 Å². The van der Waals surface area contributed by atoms with E-state index >= 15 is 0 Å². The first kappa shape index (κ1) is 27.5. The largest absolute Gasteiger partial charge is 0.366 e. The van der Waals surface area contributed by atoms with Gasteiger partial charge in [0.2, 0.25) is 5.91 Å². The Hall–Kier alpha value is -2.10. The van der Waals surface area contributed by atoms with Crippen molar-refractivity contribution < 1.29 is 9.18 Å². The van der Waals surface area contributed by atoms with Crippen LogP contribution in [0.25, 0.3) is 0 Å². The number of nitrogens with one attached hydrogen (secondary N) is 1. The highest BCUT2D eigenvalue weighted by molar-refractivity contribution is 7.99. The molecule has 7 nitrogen and oxygen atoms in total. The molecule has 3 rings (SSSR count). The molecule has 0 aliphatic carbocycles. The molecule has 0 bridgehead atoms. The van der Waals surface area contributed by atoms with E-state index in [1.807, 2.05) is 17.9 Å². The van der Waals surface area contributed by atoms with Crippen LogP contribution < -0.4 is 15.1 Å². The summed E-state index contributed by atoms with van der Waals surface area (Å²) >= 11 is 7.55. The Morgan fingerprint density at radius 3 is 2.54 bits per heavy atom. The zero-order chi connectivity index (χ0) is 25.2. The zero-order valence-electron chi connectivity index (χ0n) is 20.8. The molecular formula is C25H36ClFN6OS. The van der Waals surface area contributed by atoms with Crippen LogP contribution in [0.4, 0.5) is 15.9 Å². The fourth-order valence-electron chi connectivity index (χ4n) is 4.18. The van der Waals surface area contributed by atoms with Crippen molar-refractivity contribution in [2.24, 2.45) is 0 Å². The van der Waals surface area contributed by atoms with E-state index in [9.17, 15) is 9.18 Å². The van der Waals surface area contributed by atoms with Gasteiger partial charge in [0, 0.05) is 38.3 Å². The quantitative estimate of drug-likeness (QED) is 0.253. The monoisotopic (exact) mass is 522 g/mol. The lowest BCUT2D eigenvalue weighted by Gasteiger charge is -2.36. The highest BCUT2D eigenvalue weighted by atomic mass is 35.5. The van der Waals surface area contributed by atoms with Gasteiger partial charge in [-0.2, -0.15) is 0 Å². The molecule has 35 heavy (non-hydrogen) atoms. The summed E-state index contributed by atoms with van der Waals surface area (Å²) in [5.74, 6) is 0.724. The molecule has 1 atom stereocenters. The van der Waals surface area contributed by atoms with Crippen molar-refractivity contribution in [1.29, 1.82) is 0 Å². The van der Waals surface area contributed by atoms with E-state index in [1.54, 1.807) is 18.2 Å². The van der Waals surface area contributed by atoms with Crippen LogP contribution in [0.5, 0.6) is 0 Å². The van der Waals surface area contributed by atoms with E-state index in [4.69, 9.17) is 11.6 Å². The third kappa shape index (κ3) is 8.51. The molecule has 1 amide bonds. The molecule has 0 saturated carbocycles. The second-order valence-electron chi connectivity index (χ2n) is 8.68. The van der Waals surface area contributed by atoms with Crippen molar-refractivity contribution in [1.82, 2.24) is 20.2 Å². The summed E-state index contributed by atoms with van der Waals surface area (Å²) in [6.45, 7) is 12.3. The Morgan fingerprint density at radius 1 is 1.17 bits per heavy atom. The van der Waals surface area contributed by atoms with Crippen LogP contribution in [0.3, 0.4) is 0 Å². The van der Waals surface area contributed by atoms with Gasteiger partial charge in [-0.3, -0.25) is 4.79 Å². The fraction of sp³-hybridized carbons (Fsp3) is 0.560. The van der Waals surface area contributed by atoms with Crippen LogP contribution in [0, 0.1) is 5.82 Å². The Morgan fingerprint density at radius 2 is 1.86 bits per heavy atom. The van der Waals surface area contributed by atoms with Gasteiger partial charge in [-0.15, -0.1) is 0 Å². The van der Waals surface area contributed by atoms with Gasteiger partial charge in [-0.25, -0.2) is 14.4 Å².